The van der Waals surface area contributed by atoms with Crippen molar-refractivity contribution in [2.45, 2.75) is 43.9 Å². The van der Waals surface area contributed by atoms with Gasteiger partial charge in [0.1, 0.15) is 19.7 Å². The zero-order chi connectivity index (χ0) is 24.2. The zero-order valence-electron chi connectivity index (χ0n) is 20.5. The molecule has 190 valence electrons. The minimum Gasteiger partial charge on any atom is -0.463 e. The molecule has 1 aromatic carbocycles. The molecule has 0 aliphatic rings. The van der Waals surface area contributed by atoms with Crippen molar-refractivity contribution in [3.05, 3.63) is 35.9 Å². The second-order valence-corrected chi connectivity index (χ2v) is 9.95. The maximum atomic E-state index is 11.7. The number of nitrogens with zero attached hydrogens (tertiary/aromatic N) is 1. The molecular formula is C25H44NO5S2+. The number of rotatable bonds is 21. The van der Waals surface area contributed by atoms with Gasteiger partial charge in [-0.15, -0.1) is 0 Å². The van der Waals surface area contributed by atoms with Crippen molar-refractivity contribution in [1.29, 1.82) is 0 Å². The first kappa shape index (κ1) is 30.3. The Morgan fingerprint density at radius 2 is 1.48 bits per heavy atom. The molecule has 6 nitrogen and oxygen atoms in total. The summed E-state index contributed by atoms with van der Waals surface area (Å²) < 4.78 is 22.7. The van der Waals surface area contributed by atoms with Crippen molar-refractivity contribution in [2.24, 2.45) is 0 Å². The van der Waals surface area contributed by atoms with E-state index in [9.17, 15) is 4.79 Å². The predicted molar refractivity (Wildman–Crippen MR) is 140 cm³/mol. The molecule has 8 heteroatoms. The van der Waals surface area contributed by atoms with E-state index >= 15 is 0 Å². The minimum atomic E-state index is -0.164. The van der Waals surface area contributed by atoms with Gasteiger partial charge < -0.3 is 23.4 Å². The van der Waals surface area contributed by atoms with Crippen LogP contribution in [0.5, 0.6) is 0 Å². The maximum Gasteiger partial charge on any atom is 0.305 e. The highest BCUT2D eigenvalue weighted by Crippen LogP contribution is 2.13. The van der Waals surface area contributed by atoms with Crippen LogP contribution in [0, 0.1) is 0 Å². The summed E-state index contributed by atoms with van der Waals surface area (Å²) in [5.41, 5.74) is 1.34. The molecule has 1 rings (SSSR count). The molecule has 0 saturated heterocycles. The quantitative estimate of drug-likeness (QED) is 0.115. The Bertz CT molecular complexity index is 604. The largest absolute Gasteiger partial charge is 0.463 e. The lowest BCUT2D eigenvalue weighted by Gasteiger charge is -2.29. The maximum absolute atomic E-state index is 11.7. The van der Waals surface area contributed by atoms with Gasteiger partial charge in [-0.2, -0.15) is 25.3 Å². The summed E-state index contributed by atoms with van der Waals surface area (Å²) in [5.74, 6) is 0.685. The van der Waals surface area contributed by atoms with Crippen molar-refractivity contribution in [3.63, 3.8) is 0 Å². The lowest BCUT2D eigenvalue weighted by Crippen LogP contribution is -2.41. The molecule has 0 spiro atoms. The van der Waals surface area contributed by atoms with Crippen LogP contribution in [-0.2, 0) is 30.3 Å². The summed E-state index contributed by atoms with van der Waals surface area (Å²) in [6.07, 6.45) is 4.28. The Labute approximate surface area is 211 Å². The van der Waals surface area contributed by atoms with E-state index in [0.29, 0.717) is 51.3 Å². The number of hydrogen-bond acceptors (Lipinski definition) is 7. The molecule has 0 aliphatic heterocycles. The lowest BCUT2D eigenvalue weighted by atomic mass is 10.1. The van der Waals surface area contributed by atoms with E-state index in [1.165, 1.54) is 5.56 Å². The van der Waals surface area contributed by atoms with Crippen LogP contribution in [0.3, 0.4) is 0 Å². The zero-order valence-corrected chi connectivity index (χ0v) is 22.2. The normalized spacial score (nSPS) is 12.6. The van der Waals surface area contributed by atoms with Crippen LogP contribution in [-0.4, -0.2) is 88.3 Å². The topological polar surface area (TPSA) is 54.0 Å². The number of unbranched alkanes of at least 4 members (excludes halogenated alkanes) is 1. The van der Waals surface area contributed by atoms with Crippen molar-refractivity contribution >= 4 is 31.2 Å². The fourth-order valence-electron chi connectivity index (χ4n) is 3.24. The third-order valence-electron chi connectivity index (χ3n) is 5.16. The molecular weight excluding hydrogens is 458 g/mol. The second kappa shape index (κ2) is 19.5. The predicted octanol–water partition coefficient (Wildman–Crippen LogP) is 4.03. The molecule has 0 N–H and O–H groups in total. The van der Waals surface area contributed by atoms with E-state index in [1.54, 1.807) is 0 Å². The monoisotopic (exact) mass is 502 g/mol. The van der Waals surface area contributed by atoms with Crippen molar-refractivity contribution < 1.29 is 28.2 Å². The Kier molecular flexibility index (Phi) is 17.9. The van der Waals surface area contributed by atoms with Crippen LogP contribution >= 0.6 is 25.3 Å². The van der Waals surface area contributed by atoms with Gasteiger partial charge in [0.05, 0.1) is 53.7 Å². The Morgan fingerprint density at radius 3 is 2.12 bits per heavy atom. The van der Waals surface area contributed by atoms with Gasteiger partial charge in [0.25, 0.3) is 0 Å². The van der Waals surface area contributed by atoms with Gasteiger partial charge in [0.15, 0.2) is 0 Å². The van der Waals surface area contributed by atoms with Gasteiger partial charge in [0.2, 0.25) is 0 Å². The SMILES string of the molecule is C[N+](C)(CCOCCOCCOCCOC(=O)CCCCC(S)CCS)Cc1ccccc1. The van der Waals surface area contributed by atoms with Crippen LogP contribution in [0.15, 0.2) is 30.3 Å². The Balaban J connectivity index is 1.85. The second-order valence-electron chi connectivity index (χ2n) is 8.77. The van der Waals surface area contributed by atoms with E-state index in [0.717, 1.165) is 49.0 Å². The highest BCUT2D eigenvalue weighted by molar-refractivity contribution is 7.81. The molecule has 1 aromatic rings. The molecule has 33 heavy (non-hydrogen) atoms. The molecule has 0 saturated carbocycles. The average Bonchev–Trinajstić information content (AvgIpc) is 2.78. The highest BCUT2D eigenvalue weighted by Gasteiger charge is 2.15. The number of likely N-dealkylation sites (N-methyl/N-ethyl adjacent to an activating group) is 1. The average molecular weight is 503 g/mol. The van der Waals surface area contributed by atoms with Gasteiger partial charge in [-0.25, -0.2) is 0 Å². The smallest absolute Gasteiger partial charge is 0.305 e. The molecule has 0 radical (unpaired) electrons. The van der Waals surface area contributed by atoms with Gasteiger partial charge in [-0.1, -0.05) is 36.8 Å². The minimum absolute atomic E-state index is 0.164. The van der Waals surface area contributed by atoms with Crippen molar-refractivity contribution in [1.82, 2.24) is 0 Å². The Morgan fingerprint density at radius 1 is 0.879 bits per heavy atom. The van der Waals surface area contributed by atoms with E-state index in [2.05, 4.69) is 63.6 Å². The van der Waals surface area contributed by atoms with Crippen LogP contribution in [0.25, 0.3) is 0 Å². The third kappa shape index (κ3) is 18.3. The number of carbonyl (C=O) groups is 1. The number of thiol groups is 2. The molecule has 0 amide bonds. The van der Waals surface area contributed by atoms with Crippen LogP contribution in [0.4, 0.5) is 0 Å². The molecule has 0 aliphatic carbocycles. The number of ether oxygens (including phenoxy) is 4. The van der Waals surface area contributed by atoms with Gasteiger partial charge in [-0.3, -0.25) is 4.79 Å². The Hall–Kier alpha value is -0.770. The number of hydrogen-bond donors (Lipinski definition) is 2. The van der Waals surface area contributed by atoms with E-state index < -0.39 is 0 Å². The lowest BCUT2D eigenvalue weighted by molar-refractivity contribution is -0.904. The van der Waals surface area contributed by atoms with Crippen molar-refractivity contribution in [3.8, 4) is 0 Å². The van der Waals surface area contributed by atoms with Gasteiger partial charge in [0, 0.05) is 17.2 Å². The molecule has 0 heterocycles. The first-order valence-electron chi connectivity index (χ1n) is 12.0. The van der Waals surface area contributed by atoms with E-state index in [-0.39, 0.29) is 12.6 Å². The summed E-state index contributed by atoms with van der Waals surface area (Å²) >= 11 is 8.69. The number of carbonyl (C=O) groups excluding carboxylic acids is 1. The third-order valence-corrected chi connectivity index (χ3v) is 5.93. The van der Waals surface area contributed by atoms with E-state index in [1.807, 2.05) is 6.07 Å². The molecule has 1 unspecified atom stereocenters. The van der Waals surface area contributed by atoms with Crippen LogP contribution < -0.4 is 0 Å². The number of benzene rings is 1. The summed E-state index contributed by atoms with van der Waals surface area (Å²) in [4.78, 5) is 11.7. The first-order chi connectivity index (χ1) is 15.9. The molecule has 0 fully saturated rings. The number of esters is 1. The summed E-state index contributed by atoms with van der Waals surface area (Å²) in [7, 11) is 4.43. The standard InChI is InChI=1S/C25H43NO5S2/c1-26(2,22-23-8-4-3-5-9-23)13-14-28-15-16-29-17-18-30-19-20-31-25(27)11-7-6-10-24(33)12-21-32/h3-5,8-9,24H,6-7,10-22H2,1-2H3,(H-,32,33)/p+1. The number of quaternary nitrogens is 1. The van der Waals surface area contributed by atoms with Crippen LogP contribution in [0.2, 0.25) is 0 Å². The van der Waals surface area contributed by atoms with Gasteiger partial charge in [-0.05, 0) is 25.0 Å². The fourth-order valence-corrected chi connectivity index (χ4v) is 4.07. The molecule has 0 bridgehead atoms. The molecule has 0 aromatic heterocycles. The molecule has 1 atom stereocenters. The summed E-state index contributed by atoms with van der Waals surface area (Å²) in [6.45, 7) is 5.42. The summed E-state index contributed by atoms with van der Waals surface area (Å²) in [6, 6.07) is 10.5. The van der Waals surface area contributed by atoms with E-state index in [4.69, 9.17) is 18.9 Å². The fraction of sp³-hybridized carbons (Fsp3) is 0.720. The van der Waals surface area contributed by atoms with Crippen LogP contribution in [0.1, 0.15) is 37.7 Å². The summed E-state index contributed by atoms with van der Waals surface area (Å²) in [5, 5.41) is 0.372. The van der Waals surface area contributed by atoms with Crippen molar-refractivity contribution in [2.75, 3.05) is 72.6 Å². The first-order valence-corrected chi connectivity index (χ1v) is 13.1. The highest BCUT2D eigenvalue weighted by atomic mass is 32.1. The van der Waals surface area contributed by atoms with Gasteiger partial charge >= 0.3 is 5.97 Å².